The lowest BCUT2D eigenvalue weighted by molar-refractivity contribution is -0.148. The molecule has 0 aromatic heterocycles. The average Bonchev–Trinajstić information content (AvgIpc) is 2.31. The summed E-state index contributed by atoms with van der Waals surface area (Å²) in [5, 5.41) is 11.7. The summed E-state index contributed by atoms with van der Waals surface area (Å²) in [4.78, 5) is 22.5. The van der Waals surface area contributed by atoms with Crippen LogP contribution in [0.15, 0.2) is 0 Å². The Balaban J connectivity index is 3.86. The first-order chi connectivity index (χ1) is 7.96. The zero-order valence-corrected chi connectivity index (χ0v) is 11.7. The van der Waals surface area contributed by atoms with Crippen molar-refractivity contribution in [2.75, 3.05) is 18.1 Å². The molecule has 0 radical (unpaired) electrons. The van der Waals surface area contributed by atoms with E-state index in [0.717, 1.165) is 18.6 Å². The molecule has 0 bridgehead atoms. The molecule has 0 aromatic carbocycles. The van der Waals surface area contributed by atoms with E-state index in [0.29, 0.717) is 12.2 Å². The number of carboxylic acid groups (broad SMARTS) is 1. The molecule has 0 rings (SSSR count). The molecule has 0 fully saturated rings. The van der Waals surface area contributed by atoms with E-state index in [-0.39, 0.29) is 12.5 Å². The van der Waals surface area contributed by atoms with Crippen LogP contribution < -0.4 is 5.32 Å². The Hall–Kier alpha value is -0.710. The van der Waals surface area contributed by atoms with Gasteiger partial charge in [0.25, 0.3) is 0 Å². The first kappa shape index (κ1) is 16.3. The highest BCUT2D eigenvalue weighted by Gasteiger charge is 2.31. The second kappa shape index (κ2) is 8.39. The third-order valence-corrected chi connectivity index (χ3v) is 3.89. The molecule has 0 aliphatic heterocycles. The molecule has 0 aliphatic rings. The minimum absolute atomic E-state index is 0.0768. The summed E-state index contributed by atoms with van der Waals surface area (Å²) in [6.45, 7) is 5.78. The molecule has 4 nitrogen and oxygen atoms in total. The van der Waals surface area contributed by atoms with Crippen molar-refractivity contribution in [1.82, 2.24) is 5.32 Å². The van der Waals surface area contributed by atoms with Gasteiger partial charge in [-0.05, 0) is 25.5 Å². The van der Waals surface area contributed by atoms with Gasteiger partial charge in [-0.1, -0.05) is 20.3 Å². The number of thioether (sulfide) groups is 1. The van der Waals surface area contributed by atoms with Gasteiger partial charge in [0.1, 0.15) is 0 Å². The second-order valence-corrected chi connectivity index (χ2v) is 5.51. The van der Waals surface area contributed by atoms with Crippen LogP contribution in [0.5, 0.6) is 0 Å². The number of nitrogens with one attached hydrogen (secondary N) is 1. The van der Waals surface area contributed by atoms with Crippen molar-refractivity contribution < 1.29 is 14.7 Å². The fraction of sp³-hybridized carbons (Fsp3) is 0.833. The Labute approximate surface area is 108 Å². The fourth-order valence-electron chi connectivity index (χ4n) is 1.11. The van der Waals surface area contributed by atoms with Crippen LogP contribution >= 0.6 is 11.8 Å². The maximum atomic E-state index is 11.5. The summed E-state index contributed by atoms with van der Waals surface area (Å²) < 4.78 is 0. The van der Waals surface area contributed by atoms with E-state index in [2.05, 4.69) is 12.2 Å². The van der Waals surface area contributed by atoms with E-state index in [1.54, 1.807) is 18.7 Å². The van der Waals surface area contributed by atoms with Crippen LogP contribution in [0, 0.1) is 5.41 Å². The molecular formula is C12H23NO3S. The molecule has 0 saturated heterocycles. The minimum Gasteiger partial charge on any atom is -0.481 e. The Bertz CT molecular complexity index is 258. The number of hydrogen-bond acceptors (Lipinski definition) is 3. The quantitative estimate of drug-likeness (QED) is 0.624. The summed E-state index contributed by atoms with van der Waals surface area (Å²) in [5.74, 6) is 0.457. The molecule has 0 aromatic rings. The second-order valence-electron chi connectivity index (χ2n) is 4.40. The highest BCUT2D eigenvalue weighted by molar-refractivity contribution is 7.99. The molecule has 0 spiro atoms. The van der Waals surface area contributed by atoms with Crippen molar-refractivity contribution in [1.29, 1.82) is 0 Å². The fourth-order valence-corrected chi connectivity index (χ4v) is 2.03. The maximum absolute atomic E-state index is 11.5. The third kappa shape index (κ3) is 6.56. The van der Waals surface area contributed by atoms with Crippen molar-refractivity contribution in [2.45, 2.75) is 40.0 Å². The lowest BCUT2D eigenvalue weighted by atomic mass is 9.88. The molecule has 0 heterocycles. The molecule has 0 saturated carbocycles. The molecule has 5 heteroatoms. The highest BCUT2D eigenvalue weighted by Crippen LogP contribution is 2.19. The zero-order valence-electron chi connectivity index (χ0n) is 10.9. The Morgan fingerprint density at radius 3 is 2.47 bits per heavy atom. The molecular weight excluding hydrogens is 238 g/mol. The number of carbonyl (C=O) groups excluding carboxylic acids is 1. The normalized spacial score (nSPS) is 14.1. The van der Waals surface area contributed by atoms with E-state index >= 15 is 0 Å². The van der Waals surface area contributed by atoms with Gasteiger partial charge in [-0.25, -0.2) is 0 Å². The van der Waals surface area contributed by atoms with Crippen molar-refractivity contribution in [3.8, 4) is 0 Å². The van der Waals surface area contributed by atoms with Crippen LogP contribution in [0.2, 0.25) is 0 Å². The van der Waals surface area contributed by atoms with E-state index in [1.807, 2.05) is 6.92 Å². The highest BCUT2D eigenvalue weighted by atomic mass is 32.2. The number of hydrogen-bond donors (Lipinski definition) is 2. The van der Waals surface area contributed by atoms with E-state index in [1.165, 1.54) is 0 Å². The third-order valence-electron chi connectivity index (χ3n) is 2.85. The monoisotopic (exact) mass is 261 g/mol. The van der Waals surface area contributed by atoms with E-state index < -0.39 is 11.4 Å². The van der Waals surface area contributed by atoms with Crippen LogP contribution in [0.4, 0.5) is 0 Å². The molecule has 0 aliphatic carbocycles. The van der Waals surface area contributed by atoms with Crippen molar-refractivity contribution in [3.63, 3.8) is 0 Å². The van der Waals surface area contributed by atoms with Gasteiger partial charge in [0.15, 0.2) is 0 Å². The summed E-state index contributed by atoms with van der Waals surface area (Å²) >= 11 is 1.59. The molecule has 1 amide bonds. The first-order valence-corrected chi connectivity index (χ1v) is 7.19. The Kier molecular flexibility index (Phi) is 8.04. The van der Waals surface area contributed by atoms with Gasteiger partial charge in [0.2, 0.25) is 5.91 Å². The molecule has 17 heavy (non-hydrogen) atoms. The van der Waals surface area contributed by atoms with E-state index in [4.69, 9.17) is 5.11 Å². The smallest absolute Gasteiger partial charge is 0.311 e. The van der Waals surface area contributed by atoms with Crippen molar-refractivity contribution >= 4 is 23.6 Å². The average molecular weight is 261 g/mol. The van der Waals surface area contributed by atoms with Crippen LogP contribution in [0.25, 0.3) is 0 Å². The summed E-state index contributed by atoms with van der Waals surface area (Å²) in [7, 11) is 0. The van der Waals surface area contributed by atoms with Crippen LogP contribution in [-0.4, -0.2) is 35.0 Å². The number of aliphatic carboxylic acids is 1. The van der Waals surface area contributed by atoms with Crippen molar-refractivity contribution in [2.24, 2.45) is 5.41 Å². The van der Waals surface area contributed by atoms with Crippen LogP contribution in [0.1, 0.15) is 40.0 Å². The zero-order chi connectivity index (χ0) is 13.3. The summed E-state index contributed by atoms with van der Waals surface area (Å²) in [5.41, 5.74) is -0.857. The molecule has 100 valence electrons. The molecule has 1 atom stereocenters. The van der Waals surface area contributed by atoms with Crippen LogP contribution in [-0.2, 0) is 9.59 Å². The summed E-state index contributed by atoms with van der Waals surface area (Å²) in [6.07, 6.45) is 2.74. The number of carbonyl (C=O) groups is 2. The minimum atomic E-state index is -0.862. The van der Waals surface area contributed by atoms with Gasteiger partial charge in [0, 0.05) is 6.54 Å². The summed E-state index contributed by atoms with van der Waals surface area (Å²) in [6, 6.07) is 0. The first-order valence-electron chi connectivity index (χ1n) is 6.04. The predicted molar refractivity (Wildman–Crippen MR) is 71.3 cm³/mol. The van der Waals surface area contributed by atoms with Gasteiger partial charge >= 0.3 is 5.97 Å². The van der Waals surface area contributed by atoms with Gasteiger partial charge in [-0.3, -0.25) is 9.59 Å². The topological polar surface area (TPSA) is 66.4 Å². The van der Waals surface area contributed by atoms with Crippen molar-refractivity contribution in [3.05, 3.63) is 0 Å². The molecule has 1 unspecified atom stereocenters. The van der Waals surface area contributed by atoms with Gasteiger partial charge in [-0.15, -0.1) is 0 Å². The predicted octanol–water partition coefficient (Wildman–Crippen LogP) is 2.14. The maximum Gasteiger partial charge on any atom is 0.311 e. The standard InChI is InChI=1S/C12H23NO3S/c1-4-6-7-17-8-10(14)13-9-12(3,5-2)11(15)16/h4-9H2,1-3H3,(H,13,14)(H,15,16). The number of carboxylic acids is 1. The Morgan fingerprint density at radius 2 is 2.00 bits per heavy atom. The van der Waals surface area contributed by atoms with Gasteiger partial charge in [0.05, 0.1) is 11.2 Å². The van der Waals surface area contributed by atoms with Gasteiger partial charge in [-0.2, -0.15) is 11.8 Å². The number of rotatable bonds is 9. The Morgan fingerprint density at radius 1 is 1.35 bits per heavy atom. The lowest BCUT2D eigenvalue weighted by Crippen LogP contribution is -2.41. The van der Waals surface area contributed by atoms with E-state index in [9.17, 15) is 9.59 Å². The number of amides is 1. The largest absolute Gasteiger partial charge is 0.481 e. The van der Waals surface area contributed by atoms with Gasteiger partial charge < -0.3 is 10.4 Å². The molecule has 2 N–H and O–H groups in total. The SMILES string of the molecule is CCCCSCC(=O)NCC(C)(CC)C(=O)O. The number of unbranched alkanes of at least 4 members (excludes halogenated alkanes) is 1. The lowest BCUT2D eigenvalue weighted by Gasteiger charge is -2.23. The van der Waals surface area contributed by atoms with Crippen LogP contribution in [0.3, 0.4) is 0 Å².